The largest absolute Gasteiger partial charge is 0.474 e. The first-order valence-electron chi connectivity index (χ1n) is 13.5. The van der Waals surface area contributed by atoms with Crippen LogP contribution in [0, 0.1) is 0 Å². The van der Waals surface area contributed by atoms with E-state index in [2.05, 4.69) is 98.2 Å². The van der Waals surface area contributed by atoms with E-state index in [0.29, 0.717) is 0 Å². The Labute approximate surface area is 238 Å². The van der Waals surface area contributed by atoms with E-state index in [4.69, 9.17) is 35.7 Å². The van der Waals surface area contributed by atoms with Crippen LogP contribution < -0.4 is 0 Å². The van der Waals surface area contributed by atoms with Gasteiger partial charge in [-0.25, -0.2) is 4.57 Å². The predicted octanol–water partition coefficient (Wildman–Crippen LogP) is 6.89. The summed E-state index contributed by atoms with van der Waals surface area (Å²) in [4.78, 5) is 0. The quantitative estimate of drug-likeness (QED) is 0.148. The van der Waals surface area contributed by atoms with Crippen LogP contribution in [0.1, 0.15) is 0 Å². The minimum Gasteiger partial charge on any atom is -0.409 e. The van der Waals surface area contributed by atoms with E-state index in [1.807, 2.05) is 0 Å². The summed E-state index contributed by atoms with van der Waals surface area (Å²) in [7, 11) is -12.0. The molecule has 0 saturated heterocycles. The Kier molecular flexibility index (Phi) is 12.8. The molecule has 9 nitrogen and oxygen atoms in total. The zero-order valence-corrected chi connectivity index (χ0v) is 33.0. The maximum atomic E-state index is 13.5. The number of hydrogen-bond donors (Lipinski definition) is 0. The molecule has 0 bridgehead atoms. The lowest BCUT2D eigenvalue weighted by molar-refractivity contribution is -0.197. The third-order valence-electron chi connectivity index (χ3n) is 5.09. The van der Waals surface area contributed by atoms with Gasteiger partial charge >= 0.3 is 7.82 Å². The van der Waals surface area contributed by atoms with Gasteiger partial charge in [-0.05, 0) is 98.2 Å². The van der Waals surface area contributed by atoms with Crippen LogP contribution >= 0.6 is 7.82 Å². The normalized spacial score (nSPS) is 28.6. The highest BCUT2D eigenvalue weighted by molar-refractivity contribution is 7.48. The first kappa shape index (κ1) is 37.0. The second-order valence-electron chi connectivity index (χ2n) is 14.9. The minimum absolute atomic E-state index is 0.452. The second-order valence-corrected chi connectivity index (χ2v) is 39.0. The van der Waals surface area contributed by atoms with Crippen molar-refractivity contribution in [1.82, 2.24) is 0 Å². The van der Waals surface area contributed by atoms with Gasteiger partial charge in [0.05, 0.1) is 0 Å². The second kappa shape index (κ2) is 13.1. The maximum Gasteiger partial charge on any atom is 0.474 e. The fourth-order valence-electron chi connectivity index (χ4n) is 4.26. The molecule has 38 heavy (non-hydrogen) atoms. The van der Waals surface area contributed by atoms with Crippen LogP contribution in [0.2, 0.25) is 98.2 Å². The molecule has 1 rings (SSSR count). The summed E-state index contributed by atoms with van der Waals surface area (Å²) in [6.45, 7) is 32.1. The molecule has 15 heteroatoms. The molecule has 6 atom stereocenters. The molecule has 1 aliphatic carbocycles. The lowest BCUT2D eigenvalue weighted by atomic mass is 9.85. The number of hydrogen-bond acceptors (Lipinski definition) is 9. The minimum atomic E-state index is -3.92. The van der Waals surface area contributed by atoms with Crippen molar-refractivity contribution >= 4 is 49.4 Å². The Bertz CT molecular complexity index is 748. The van der Waals surface area contributed by atoms with E-state index < -0.39 is 86.0 Å². The van der Waals surface area contributed by atoms with E-state index in [1.165, 1.54) is 14.2 Å². The third kappa shape index (κ3) is 12.9. The first-order chi connectivity index (χ1) is 16.7. The monoisotopic (exact) mass is 648 g/mol. The summed E-state index contributed by atoms with van der Waals surface area (Å²) in [5.74, 6) is 0. The molecule has 0 aromatic heterocycles. The molecule has 0 heterocycles. The zero-order chi connectivity index (χ0) is 30.1. The fourth-order valence-corrected chi connectivity index (χ4v) is 10.5. The van der Waals surface area contributed by atoms with E-state index in [-0.39, 0.29) is 0 Å². The Morgan fingerprint density at radius 2 is 0.579 bits per heavy atom. The van der Waals surface area contributed by atoms with Crippen LogP contribution in [0.15, 0.2) is 0 Å². The molecule has 0 radical (unpaired) electrons. The lowest BCUT2D eigenvalue weighted by Gasteiger charge is -2.55. The summed E-state index contributed by atoms with van der Waals surface area (Å²) < 4.78 is 64.8. The Hall–Kier alpha value is 0.994. The average molecular weight is 649 g/mol. The lowest BCUT2D eigenvalue weighted by Crippen LogP contribution is -2.72. The van der Waals surface area contributed by atoms with Crippen molar-refractivity contribution in [3.63, 3.8) is 0 Å². The Morgan fingerprint density at radius 3 is 0.737 bits per heavy atom. The summed E-state index contributed by atoms with van der Waals surface area (Å²) in [6, 6.07) is 0. The highest BCUT2D eigenvalue weighted by Gasteiger charge is 2.59. The molecule has 0 aromatic carbocycles. The van der Waals surface area contributed by atoms with E-state index in [9.17, 15) is 4.57 Å². The van der Waals surface area contributed by atoms with Crippen molar-refractivity contribution in [2.45, 2.75) is 135 Å². The molecule has 0 amide bonds. The van der Waals surface area contributed by atoms with Crippen LogP contribution in [0.4, 0.5) is 0 Å². The Morgan fingerprint density at radius 1 is 0.395 bits per heavy atom. The van der Waals surface area contributed by atoms with Gasteiger partial charge in [-0.15, -0.1) is 0 Å². The predicted molar refractivity (Wildman–Crippen MR) is 168 cm³/mol. The van der Waals surface area contributed by atoms with Gasteiger partial charge in [-0.3, -0.25) is 13.6 Å². The van der Waals surface area contributed by atoms with Crippen LogP contribution in [0.5, 0.6) is 0 Å². The molecule has 0 aromatic rings. The zero-order valence-electron chi connectivity index (χ0n) is 27.1. The Balaban J connectivity index is 4.03. The van der Waals surface area contributed by atoms with Crippen LogP contribution in [0.25, 0.3) is 0 Å². The van der Waals surface area contributed by atoms with E-state index in [1.54, 1.807) is 0 Å². The van der Waals surface area contributed by atoms with E-state index >= 15 is 0 Å². The van der Waals surface area contributed by atoms with E-state index in [0.717, 1.165) is 0 Å². The van der Waals surface area contributed by atoms with Crippen LogP contribution in [0.3, 0.4) is 0 Å². The van der Waals surface area contributed by atoms with Crippen molar-refractivity contribution < 1.29 is 40.3 Å². The van der Waals surface area contributed by atoms with Crippen LogP contribution in [-0.4, -0.2) is 92.4 Å². The van der Waals surface area contributed by atoms with Gasteiger partial charge in [0.1, 0.15) is 36.6 Å². The molecule has 1 saturated carbocycles. The summed E-state index contributed by atoms with van der Waals surface area (Å²) in [5.41, 5.74) is 0. The van der Waals surface area contributed by atoms with Gasteiger partial charge in [0.2, 0.25) is 0 Å². The highest BCUT2D eigenvalue weighted by Crippen LogP contribution is 2.52. The van der Waals surface area contributed by atoms with Gasteiger partial charge in [-0.2, -0.15) is 0 Å². The van der Waals surface area contributed by atoms with Crippen molar-refractivity contribution in [2.75, 3.05) is 14.2 Å². The van der Waals surface area contributed by atoms with Gasteiger partial charge in [0.25, 0.3) is 0 Å². The molecular formula is C23H57O9PSi5. The van der Waals surface area contributed by atoms with Gasteiger partial charge < -0.3 is 22.1 Å². The summed E-state index contributed by atoms with van der Waals surface area (Å²) in [6.07, 6.45) is -3.58. The van der Waals surface area contributed by atoms with Crippen LogP contribution in [-0.2, 0) is 40.3 Å². The number of rotatable bonds is 14. The standard InChI is InChI=1S/C23H57O9PSi5/c1-25-33(24,26-2)27-18-19(28-34(3,4)5)21(30-36(9,10)11)23(32-38(15,16)17)22(31-37(12,13)14)20(18)29-35(6,7)8/h18-23H,1-17H3/t18?,19-,20+,21-,22-,23?/m0/s1. The van der Waals surface area contributed by atoms with Crippen molar-refractivity contribution in [2.24, 2.45) is 0 Å². The molecule has 0 aliphatic heterocycles. The smallest absolute Gasteiger partial charge is 0.409 e. The number of phosphoric acid groups is 1. The molecule has 1 fully saturated rings. The molecule has 2 unspecified atom stereocenters. The number of phosphoric ester groups is 1. The molecule has 1 aliphatic rings. The molecule has 0 spiro atoms. The maximum absolute atomic E-state index is 13.5. The van der Waals surface area contributed by atoms with Gasteiger partial charge in [0, 0.05) is 14.2 Å². The van der Waals surface area contributed by atoms with Crippen molar-refractivity contribution in [3.05, 3.63) is 0 Å². The SMILES string of the molecule is COP(=O)(OC)OC1[C@@H](O[Si](C)(C)C)[C@H](O[Si](C)(C)C)C(O[Si](C)(C)C)[C@@H](O[Si](C)(C)C)[C@H]1O[Si](C)(C)C. The van der Waals surface area contributed by atoms with Crippen molar-refractivity contribution in [3.8, 4) is 0 Å². The first-order valence-corrected chi connectivity index (χ1v) is 32.0. The average Bonchev–Trinajstić information content (AvgIpc) is 2.65. The van der Waals surface area contributed by atoms with Gasteiger partial charge in [-0.1, -0.05) is 0 Å². The topological polar surface area (TPSA) is 90.9 Å². The fraction of sp³-hybridized carbons (Fsp3) is 1.00. The highest BCUT2D eigenvalue weighted by atomic mass is 31.2. The third-order valence-corrected chi connectivity index (χ3v) is 11.4. The van der Waals surface area contributed by atoms with Gasteiger partial charge in [0.15, 0.2) is 41.6 Å². The molecule has 0 N–H and O–H groups in total. The molecule has 228 valence electrons. The van der Waals surface area contributed by atoms with Crippen molar-refractivity contribution in [1.29, 1.82) is 0 Å². The molecular weight excluding hydrogens is 592 g/mol. The summed E-state index contributed by atoms with van der Waals surface area (Å²) in [5, 5.41) is 0. The summed E-state index contributed by atoms with van der Waals surface area (Å²) >= 11 is 0.